The number of nitrogens with two attached hydrogens (primary N) is 1. The van der Waals surface area contributed by atoms with Gasteiger partial charge in [-0.3, -0.25) is 4.84 Å². The predicted octanol–water partition coefficient (Wildman–Crippen LogP) is 2.88. The monoisotopic (exact) mass is 243 g/mol. The molecule has 0 aliphatic carbocycles. The molecule has 1 aromatic rings. The Balaban J connectivity index is 3.10. The van der Waals surface area contributed by atoms with E-state index in [1.165, 1.54) is 5.56 Å². The number of rotatable bonds is 2. The summed E-state index contributed by atoms with van der Waals surface area (Å²) in [5, 5.41) is 0. The van der Waals surface area contributed by atoms with Gasteiger partial charge in [-0.1, -0.05) is 28.1 Å². The molecule has 2 N–H and O–H groups in total. The van der Waals surface area contributed by atoms with Gasteiger partial charge in [0.25, 0.3) is 0 Å². The van der Waals surface area contributed by atoms with Crippen LogP contribution in [-0.4, -0.2) is 0 Å². The van der Waals surface area contributed by atoms with Crippen LogP contribution in [0.25, 0.3) is 0 Å². The molecule has 1 aromatic carbocycles. The van der Waals surface area contributed by atoms with Crippen molar-refractivity contribution in [3.63, 3.8) is 0 Å². The van der Waals surface area contributed by atoms with Crippen LogP contribution in [0.1, 0.15) is 25.0 Å². The number of halogens is 1. The van der Waals surface area contributed by atoms with Crippen LogP contribution in [0.4, 0.5) is 0 Å². The summed E-state index contributed by atoms with van der Waals surface area (Å²) in [6.45, 7) is 5.92. The van der Waals surface area contributed by atoms with Crippen LogP contribution in [0.2, 0.25) is 0 Å². The maximum Gasteiger partial charge on any atom is 0.109 e. The number of hydrogen-bond donors (Lipinski definition) is 1. The second kappa shape index (κ2) is 3.78. The SMILES string of the molecule is Cc1cc(C(C)(C)ON)ccc1Br. The molecule has 2 nitrogen and oxygen atoms in total. The summed E-state index contributed by atoms with van der Waals surface area (Å²) in [6, 6.07) is 6.08. The Labute approximate surface area is 87.2 Å². The summed E-state index contributed by atoms with van der Waals surface area (Å²) in [7, 11) is 0. The molecule has 13 heavy (non-hydrogen) atoms. The first-order chi connectivity index (χ1) is 5.97. The van der Waals surface area contributed by atoms with Gasteiger partial charge in [-0.15, -0.1) is 0 Å². The van der Waals surface area contributed by atoms with Crippen molar-refractivity contribution in [2.45, 2.75) is 26.4 Å². The second-order valence-electron chi connectivity index (χ2n) is 3.59. The van der Waals surface area contributed by atoms with Crippen LogP contribution in [-0.2, 0) is 10.4 Å². The summed E-state index contributed by atoms with van der Waals surface area (Å²) in [6.07, 6.45) is 0. The van der Waals surface area contributed by atoms with Gasteiger partial charge in [-0.25, -0.2) is 5.90 Å². The van der Waals surface area contributed by atoms with Crippen molar-refractivity contribution in [2.24, 2.45) is 5.90 Å². The van der Waals surface area contributed by atoms with E-state index in [-0.39, 0.29) is 0 Å². The van der Waals surface area contributed by atoms with Crippen LogP contribution in [0.3, 0.4) is 0 Å². The van der Waals surface area contributed by atoms with Gasteiger partial charge in [0, 0.05) is 4.47 Å². The second-order valence-corrected chi connectivity index (χ2v) is 4.45. The minimum atomic E-state index is -0.425. The van der Waals surface area contributed by atoms with Crippen LogP contribution in [0.5, 0.6) is 0 Å². The zero-order valence-electron chi connectivity index (χ0n) is 8.10. The summed E-state index contributed by atoms with van der Waals surface area (Å²) in [5.74, 6) is 5.21. The summed E-state index contributed by atoms with van der Waals surface area (Å²) in [4.78, 5) is 4.90. The number of aryl methyl sites for hydroxylation is 1. The summed E-state index contributed by atoms with van der Waals surface area (Å²) < 4.78 is 1.10. The van der Waals surface area contributed by atoms with E-state index in [0.717, 1.165) is 10.0 Å². The van der Waals surface area contributed by atoms with Crippen molar-refractivity contribution < 1.29 is 4.84 Å². The predicted molar refractivity (Wildman–Crippen MR) is 57.2 cm³/mol. The highest BCUT2D eigenvalue weighted by Crippen LogP contribution is 2.26. The van der Waals surface area contributed by atoms with Crippen molar-refractivity contribution in [1.29, 1.82) is 0 Å². The molecule has 0 aliphatic rings. The van der Waals surface area contributed by atoms with Crippen molar-refractivity contribution in [3.8, 4) is 0 Å². The highest BCUT2D eigenvalue weighted by molar-refractivity contribution is 9.10. The molecule has 0 aliphatic heterocycles. The van der Waals surface area contributed by atoms with Gasteiger partial charge in [0.1, 0.15) is 5.60 Å². The molecule has 0 saturated heterocycles. The molecule has 0 bridgehead atoms. The van der Waals surface area contributed by atoms with E-state index in [0.29, 0.717) is 0 Å². The normalized spacial score (nSPS) is 11.8. The van der Waals surface area contributed by atoms with Gasteiger partial charge in [0.05, 0.1) is 0 Å². The molecule has 0 fully saturated rings. The molecular weight excluding hydrogens is 230 g/mol. The minimum absolute atomic E-state index is 0.425. The van der Waals surface area contributed by atoms with Gasteiger partial charge < -0.3 is 0 Å². The van der Waals surface area contributed by atoms with E-state index in [1.54, 1.807) is 0 Å². The van der Waals surface area contributed by atoms with Crippen LogP contribution in [0.15, 0.2) is 22.7 Å². The topological polar surface area (TPSA) is 35.2 Å². The Hall–Kier alpha value is -0.380. The molecule has 0 atom stereocenters. The van der Waals surface area contributed by atoms with Gasteiger partial charge in [0.15, 0.2) is 0 Å². The fraction of sp³-hybridized carbons (Fsp3) is 0.400. The fourth-order valence-corrected chi connectivity index (χ4v) is 1.33. The molecule has 72 valence electrons. The molecule has 0 amide bonds. The van der Waals surface area contributed by atoms with Gasteiger partial charge in [0.2, 0.25) is 0 Å². The minimum Gasteiger partial charge on any atom is -0.294 e. The largest absolute Gasteiger partial charge is 0.294 e. The van der Waals surface area contributed by atoms with Crippen LogP contribution in [0, 0.1) is 6.92 Å². The van der Waals surface area contributed by atoms with Crippen molar-refractivity contribution >= 4 is 15.9 Å². The first-order valence-corrected chi connectivity index (χ1v) is 4.91. The Kier molecular flexibility index (Phi) is 3.11. The highest BCUT2D eigenvalue weighted by Gasteiger charge is 2.20. The molecule has 1 rings (SSSR count). The van der Waals surface area contributed by atoms with E-state index in [9.17, 15) is 0 Å². The Bertz CT molecular complexity index is 310. The lowest BCUT2D eigenvalue weighted by Crippen LogP contribution is -2.25. The molecule has 0 heterocycles. The maximum atomic E-state index is 5.21. The van der Waals surface area contributed by atoms with Gasteiger partial charge >= 0.3 is 0 Å². The quantitative estimate of drug-likeness (QED) is 0.812. The van der Waals surface area contributed by atoms with Gasteiger partial charge in [-0.05, 0) is 38.0 Å². The van der Waals surface area contributed by atoms with Crippen LogP contribution < -0.4 is 5.90 Å². The molecule has 0 saturated carbocycles. The summed E-state index contributed by atoms with van der Waals surface area (Å²) >= 11 is 3.45. The molecule has 0 spiro atoms. The average molecular weight is 244 g/mol. The maximum absolute atomic E-state index is 5.21. The lowest BCUT2D eigenvalue weighted by molar-refractivity contribution is -0.0236. The van der Waals surface area contributed by atoms with Crippen molar-refractivity contribution in [1.82, 2.24) is 0 Å². The Morgan fingerprint density at radius 1 is 1.38 bits per heavy atom. The van der Waals surface area contributed by atoms with E-state index < -0.39 is 5.60 Å². The third-order valence-electron chi connectivity index (χ3n) is 2.15. The van der Waals surface area contributed by atoms with Gasteiger partial charge in [-0.2, -0.15) is 0 Å². The highest BCUT2D eigenvalue weighted by atomic mass is 79.9. The number of hydrogen-bond acceptors (Lipinski definition) is 2. The third kappa shape index (κ3) is 2.30. The molecule has 0 unspecified atom stereocenters. The van der Waals surface area contributed by atoms with E-state index in [4.69, 9.17) is 10.7 Å². The smallest absolute Gasteiger partial charge is 0.109 e. The lowest BCUT2D eigenvalue weighted by Gasteiger charge is -2.22. The first-order valence-electron chi connectivity index (χ1n) is 4.12. The molecule has 0 radical (unpaired) electrons. The molecular formula is C10H14BrNO. The van der Waals surface area contributed by atoms with E-state index in [2.05, 4.69) is 22.0 Å². The van der Waals surface area contributed by atoms with Crippen molar-refractivity contribution in [3.05, 3.63) is 33.8 Å². The summed E-state index contributed by atoms with van der Waals surface area (Å²) in [5.41, 5.74) is 1.84. The lowest BCUT2D eigenvalue weighted by atomic mass is 9.97. The number of benzene rings is 1. The molecule has 3 heteroatoms. The zero-order valence-corrected chi connectivity index (χ0v) is 9.68. The fourth-order valence-electron chi connectivity index (χ4n) is 1.09. The Morgan fingerprint density at radius 2 is 2.00 bits per heavy atom. The van der Waals surface area contributed by atoms with Crippen molar-refractivity contribution in [2.75, 3.05) is 0 Å². The first kappa shape index (κ1) is 10.7. The molecule has 0 aromatic heterocycles. The van der Waals surface area contributed by atoms with E-state index in [1.807, 2.05) is 32.9 Å². The van der Waals surface area contributed by atoms with E-state index >= 15 is 0 Å². The average Bonchev–Trinajstić information content (AvgIpc) is 2.09. The Morgan fingerprint density at radius 3 is 2.46 bits per heavy atom. The van der Waals surface area contributed by atoms with Crippen LogP contribution >= 0.6 is 15.9 Å². The zero-order chi connectivity index (χ0) is 10.1. The third-order valence-corrected chi connectivity index (χ3v) is 3.04. The standard InChI is InChI=1S/C10H14BrNO/c1-7-6-8(4-5-9(7)11)10(2,3)13-12/h4-6H,12H2,1-3H3.